The van der Waals surface area contributed by atoms with Gasteiger partial charge in [0.05, 0.1) is 10.5 Å². The minimum Gasteiger partial charge on any atom is -0.449 e. The van der Waals surface area contributed by atoms with Crippen LogP contribution in [0.1, 0.15) is 29.3 Å². The normalized spacial score (nSPS) is 11.9. The van der Waals surface area contributed by atoms with Crippen LogP contribution in [-0.4, -0.2) is 21.1 Å². The summed E-state index contributed by atoms with van der Waals surface area (Å²) in [5.74, 6) is -0.186. The highest BCUT2D eigenvalue weighted by Gasteiger charge is 2.20. The third-order valence-electron chi connectivity index (χ3n) is 4.38. The lowest BCUT2D eigenvalue weighted by molar-refractivity contribution is -0.384. The van der Waals surface area contributed by atoms with Crippen molar-refractivity contribution in [3.63, 3.8) is 0 Å². The number of ether oxygens (including phenoxy) is 1. The number of non-ortho nitro benzene ring substituents is 1. The smallest absolute Gasteiger partial charge is 0.338 e. The van der Waals surface area contributed by atoms with Gasteiger partial charge in [-0.25, -0.2) is 4.79 Å². The van der Waals surface area contributed by atoms with Crippen molar-refractivity contribution >= 4 is 22.4 Å². The fourth-order valence-electron chi connectivity index (χ4n) is 2.84. The number of nitrogens with zero attached hydrogens (tertiary/aromatic N) is 3. The van der Waals surface area contributed by atoms with Crippen LogP contribution in [0.25, 0.3) is 22.2 Å². The van der Waals surface area contributed by atoms with Crippen molar-refractivity contribution in [2.24, 2.45) is 0 Å². The van der Waals surface area contributed by atoms with Gasteiger partial charge in [-0.05, 0) is 42.0 Å². The molecule has 144 valence electrons. The van der Waals surface area contributed by atoms with E-state index in [1.165, 1.54) is 24.3 Å². The van der Waals surface area contributed by atoms with E-state index in [1.54, 1.807) is 19.1 Å². The Bertz CT molecular complexity index is 1200. The highest BCUT2D eigenvalue weighted by Crippen LogP contribution is 2.25. The highest BCUT2D eigenvalue weighted by molar-refractivity contribution is 5.95. The van der Waals surface area contributed by atoms with Crippen molar-refractivity contribution in [2.75, 3.05) is 0 Å². The Morgan fingerprint density at radius 2 is 1.76 bits per heavy atom. The summed E-state index contributed by atoms with van der Waals surface area (Å²) in [4.78, 5) is 22.7. The van der Waals surface area contributed by atoms with Crippen molar-refractivity contribution in [3.05, 3.63) is 88.3 Å². The average molecular weight is 389 g/mol. The molecule has 0 aliphatic heterocycles. The van der Waals surface area contributed by atoms with Gasteiger partial charge in [0.1, 0.15) is 0 Å². The van der Waals surface area contributed by atoms with Crippen molar-refractivity contribution in [1.29, 1.82) is 0 Å². The maximum atomic E-state index is 12.5. The fourth-order valence-corrected chi connectivity index (χ4v) is 2.84. The van der Waals surface area contributed by atoms with E-state index in [0.717, 1.165) is 10.8 Å². The Hall–Kier alpha value is -4.07. The molecule has 8 heteroatoms. The number of carbonyl (C=O) groups excluding carboxylic acids is 1. The van der Waals surface area contributed by atoms with E-state index >= 15 is 0 Å². The zero-order valence-corrected chi connectivity index (χ0v) is 15.3. The lowest BCUT2D eigenvalue weighted by Crippen LogP contribution is -2.09. The topological polar surface area (TPSA) is 108 Å². The predicted molar refractivity (Wildman–Crippen MR) is 104 cm³/mol. The molecule has 0 aliphatic rings. The maximum absolute atomic E-state index is 12.5. The van der Waals surface area contributed by atoms with Crippen LogP contribution in [0.2, 0.25) is 0 Å². The second kappa shape index (κ2) is 7.51. The SMILES string of the molecule is C[C@@H](OC(=O)c1ccc2ccccc2c1)c1nnc(-c2ccc([N+](=O)[O-])cc2)o1. The van der Waals surface area contributed by atoms with Gasteiger partial charge in [0, 0.05) is 17.7 Å². The first-order valence-corrected chi connectivity index (χ1v) is 8.79. The predicted octanol–water partition coefficient (Wildman–Crippen LogP) is 4.72. The molecule has 0 bridgehead atoms. The molecular weight excluding hydrogens is 374 g/mol. The largest absolute Gasteiger partial charge is 0.449 e. The van der Waals surface area contributed by atoms with Crippen molar-refractivity contribution in [3.8, 4) is 11.5 Å². The van der Waals surface area contributed by atoms with Gasteiger partial charge in [-0.15, -0.1) is 10.2 Å². The lowest BCUT2D eigenvalue weighted by Gasteiger charge is -2.10. The Morgan fingerprint density at radius 3 is 2.48 bits per heavy atom. The zero-order valence-electron chi connectivity index (χ0n) is 15.3. The Balaban J connectivity index is 1.48. The molecular formula is C21H15N3O5. The summed E-state index contributed by atoms with van der Waals surface area (Å²) < 4.78 is 11.0. The second-order valence-electron chi connectivity index (χ2n) is 6.36. The van der Waals surface area contributed by atoms with E-state index in [-0.39, 0.29) is 17.5 Å². The van der Waals surface area contributed by atoms with Gasteiger partial charge in [0.25, 0.3) is 11.6 Å². The third kappa shape index (κ3) is 3.81. The van der Waals surface area contributed by atoms with Crippen LogP contribution < -0.4 is 0 Å². The molecule has 0 aliphatic carbocycles. The van der Waals surface area contributed by atoms with Gasteiger partial charge in [-0.1, -0.05) is 30.3 Å². The van der Waals surface area contributed by atoms with Gasteiger partial charge in [-0.2, -0.15) is 0 Å². The van der Waals surface area contributed by atoms with E-state index < -0.39 is 17.0 Å². The van der Waals surface area contributed by atoms with Crippen LogP contribution in [0.15, 0.2) is 71.1 Å². The number of carbonyl (C=O) groups is 1. The molecule has 4 aromatic rings. The van der Waals surface area contributed by atoms with Crippen LogP contribution in [0.4, 0.5) is 5.69 Å². The minimum absolute atomic E-state index is 0.0360. The second-order valence-corrected chi connectivity index (χ2v) is 6.36. The first-order chi connectivity index (χ1) is 14.0. The van der Waals surface area contributed by atoms with Crippen molar-refractivity contribution in [1.82, 2.24) is 10.2 Å². The molecule has 0 spiro atoms. The summed E-state index contributed by atoms with van der Waals surface area (Å²) in [6.45, 7) is 1.63. The number of benzene rings is 3. The van der Waals surface area contributed by atoms with Crippen molar-refractivity contribution in [2.45, 2.75) is 13.0 Å². The van der Waals surface area contributed by atoms with Crippen molar-refractivity contribution < 1.29 is 18.9 Å². The molecule has 0 amide bonds. The standard InChI is InChI=1S/C21H15N3O5/c1-13(28-21(25)17-7-6-14-4-2-3-5-16(14)12-17)19-22-23-20(29-19)15-8-10-18(11-9-15)24(26)27/h2-13H,1H3/t13-/m1/s1. The molecule has 4 rings (SSSR count). The molecule has 1 atom stereocenters. The molecule has 1 aromatic heterocycles. The number of rotatable bonds is 5. The van der Waals surface area contributed by atoms with E-state index in [1.807, 2.05) is 30.3 Å². The number of hydrogen-bond acceptors (Lipinski definition) is 7. The van der Waals surface area contributed by atoms with Crippen LogP contribution in [0.3, 0.4) is 0 Å². The van der Waals surface area contributed by atoms with Crippen LogP contribution in [0, 0.1) is 10.1 Å². The van der Waals surface area contributed by atoms with Crippen LogP contribution >= 0.6 is 0 Å². The van der Waals surface area contributed by atoms with E-state index in [2.05, 4.69) is 10.2 Å². The Labute approximate surface area is 164 Å². The summed E-state index contributed by atoms with van der Waals surface area (Å²) in [7, 11) is 0. The number of fused-ring (bicyclic) bond motifs is 1. The zero-order chi connectivity index (χ0) is 20.4. The molecule has 0 saturated heterocycles. The molecule has 0 N–H and O–H groups in total. The summed E-state index contributed by atoms with van der Waals surface area (Å²) in [5.41, 5.74) is 0.916. The fraction of sp³-hybridized carbons (Fsp3) is 0.0952. The third-order valence-corrected chi connectivity index (χ3v) is 4.38. The van der Waals surface area contributed by atoms with Crippen LogP contribution in [-0.2, 0) is 4.74 Å². The first-order valence-electron chi connectivity index (χ1n) is 8.79. The van der Waals surface area contributed by atoms with E-state index in [0.29, 0.717) is 11.1 Å². The van der Waals surface area contributed by atoms with Crippen LogP contribution in [0.5, 0.6) is 0 Å². The molecule has 0 fully saturated rings. The summed E-state index contributed by atoms with van der Waals surface area (Å²) in [5, 5.41) is 20.6. The summed E-state index contributed by atoms with van der Waals surface area (Å²) in [6, 6.07) is 18.8. The maximum Gasteiger partial charge on any atom is 0.338 e. The summed E-state index contributed by atoms with van der Waals surface area (Å²) in [6.07, 6.45) is -0.756. The molecule has 0 unspecified atom stereocenters. The summed E-state index contributed by atoms with van der Waals surface area (Å²) >= 11 is 0. The number of nitro benzene ring substituents is 1. The quantitative estimate of drug-likeness (QED) is 0.276. The van der Waals surface area contributed by atoms with E-state index in [9.17, 15) is 14.9 Å². The molecule has 0 saturated carbocycles. The molecule has 29 heavy (non-hydrogen) atoms. The number of hydrogen-bond donors (Lipinski definition) is 0. The number of esters is 1. The Kier molecular flexibility index (Phi) is 4.74. The molecule has 3 aromatic carbocycles. The minimum atomic E-state index is -0.756. The molecule has 1 heterocycles. The lowest BCUT2D eigenvalue weighted by atomic mass is 10.1. The van der Waals surface area contributed by atoms with Gasteiger partial charge < -0.3 is 9.15 Å². The monoisotopic (exact) mass is 389 g/mol. The number of aromatic nitrogens is 2. The first kappa shape index (κ1) is 18.3. The highest BCUT2D eigenvalue weighted by atomic mass is 16.6. The average Bonchev–Trinajstić information content (AvgIpc) is 3.24. The van der Waals surface area contributed by atoms with Gasteiger partial charge >= 0.3 is 5.97 Å². The molecule has 8 nitrogen and oxygen atoms in total. The molecule has 0 radical (unpaired) electrons. The van der Waals surface area contributed by atoms with Gasteiger partial charge in [0.15, 0.2) is 6.10 Å². The van der Waals surface area contributed by atoms with E-state index in [4.69, 9.17) is 9.15 Å². The number of nitro groups is 1. The Morgan fingerprint density at radius 1 is 1.03 bits per heavy atom. The van der Waals surface area contributed by atoms with Gasteiger partial charge in [0.2, 0.25) is 5.89 Å². The van der Waals surface area contributed by atoms with Gasteiger partial charge in [-0.3, -0.25) is 10.1 Å².